The molecule has 1 fully saturated rings. The van der Waals surface area contributed by atoms with Gasteiger partial charge in [0.25, 0.3) is 0 Å². The summed E-state index contributed by atoms with van der Waals surface area (Å²) in [6, 6.07) is 9.86. The minimum absolute atomic E-state index is 0.0127. The van der Waals surface area contributed by atoms with Crippen LogP contribution in [0.25, 0.3) is 0 Å². The Hall–Kier alpha value is -1.86. The van der Waals surface area contributed by atoms with Crippen molar-refractivity contribution < 1.29 is 4.79 Å². The molecule has 0 bridgehead atoms. The molecule has 4 heteroatoms. The lowest BCUT2D eigenvalue weighted by Crippen LogP contribution is -2.36. The van der Waals surface area contributed by atoms with Gasteiger partial charge in [-0.3, -0.25) is 4.79 Å². The molecule has 0 heterocycles. The van der Waals surface area contributed by atoms with Crippen LogP contribution in [0.4, 0.5) is 0 Å². The minimum atomic E-state index is -0.0359. The minimum Gasteiger partial charge on any atom is -0.348 e. The lowest BCUT2D eigenvalue weighted by molar-refractivity contribution is -0.120. The quantitative estimate of drug-likeness (QED) is 0.823. The Morgan fingerprint density at radius 3 is 2.67 bits per heavy atom. The molecular formula is C14H17N3O. The van der Waals surface area contributed by atoms with Gasteiger partial charge in [-0.15, -0.1) is 0 Å². The van der Waals surface area contributed by atoms with Crippen LogP contribution in [0.3, 0.4) is 0 Å². The van der Waals surface area contributed by atoms with E-state index in [4.69, 9.17) is 5.26 Å². The summed E-state index contributed by atoms with van der Waals surface area (Å²) < 4.78 is 0. The molecule has 18 heavy (non-hydrogen) atoms. The molecule has 1 unspecified atom stereocenters. The number of carbonyl (C=O) groups excluding carboxylic acids is 1. The molecule has 4 nitrogen and oxygen atoms in total. The van der Waals surface area contributed by atoms with Crippen molar-refractivity contribution in [3.05, 3.63) is 35.4 Å². The highest BCUT2D eigenvalue weighted by atomic mass is 16.1. The number of nitrogens with zero attached hydrogens (tertiary/aromatic N) is 1. The van der Waals surface area contributed by atoms with E-state index in [2.05, 4.69) is 16.7 Å². The molecule has 0 aromatic heterocycles. The van der Waals surface area contributed by atoms with E-state index in [0.29, 0.717) is 18.2 Å². The van der Waals surface area contributed by atoms with Crippen molar-refractivity contribution in [2.75, 3.05) is 6.54 Å². The average molecular weight is 243 g/mol. The standard InChI is InChI=1S/C14H17N3O/c1-10(12-4-2-11(8-15)3-5-12)17-14(18)9-16-13-6-7-13/h2-5,10,13,16H,6-7,9H2,1H3,(H,17,18). The third kappa shape index (κ3) is 3.57. The lowest BCUT2D eigenvalue weighted by atomic mass is 10.1. The predicted octanol–water partition coefficient (Wildman–Crippen LogP) is 1.49. The van der Waals surface area contributed by atoms with Gasteiger partial charge in [-0.25, -0.2) is 0 Å². The first kappa shape index (κ1) is 12.6. The molecule has 1 aliphatic rings. The van der Waals surface area contributed by atoms with Gasteiger partial charge in [-0.2, -0.15) is 5.26 Å². The van der Waals surface area contributed by atoms with Gasteiger partial charge in [0.2, 0.25) is 5.91 Å². The zero-order valence-corrected chi connectivity index (χ0v) is 10.4. The SMILES string of the molecule is CC(NC(=O)CNC1CC1)c1ccc(C#N)cc1. The van der Waals surface area contributed by atoms with E-state index in [0.717, 1.165) is 5.56 Å². The molecular weight excluding hydrogens is 226 g/mol. The van der Waals surface area contributed by atoms with Crippen LogP contribution in [0, 0.1) is 11.3 Å². The van der Waals surface area contributed by atoms with Gasteiger partial charge in [0.05, 0.1) is 24.2 Å². The predicted molar refractivity (Wildman–Crippen MR) is 68.7 cm³/mol. The maximum absolute atomic E-state index is 11.7. The summed E-state index contributed by atoms with van der Waals surface area (Å²) in [6.45, 7) is 2.32. The van der Waals surface area contributed by atoms with Crippen molar-refractivity contribution in [1.29, 1.82) is 5.26 Å². The van der Waals surface area contributed by atoms with Crippen molar-refractivity contribution in [1.82, 2.24) is 10.6 Å². The van der Waals surface area contributed by atoms with E-state index in [1.165, 1.54) is 12.8 Å². The van der Waals surface area contributed by atoms with Gasteiger partial charge in [0.1, 0.15) is 0 Å². The zero-order valence-electron chi connectivity index (χ0n) is 10.4. The Morgan fingerprint density at radius 2 is 2.11 bits per heavy atom. The molecule has 0 aliphatic heterocycles. The monoisotopic (exact) mass is 243 g/mol. The van der Waals surface area contributed by atoms with Crippen molar-refractivity contribution in [2.24, 2.45) is 0 Å². The Labute approximate surface area is 107 Å². The third-order valence-corrected chi connectivity index (χ3v) is 3.05. The van der Waals surface area contributed by atoms with E-state index in [1.54, 1.807) is 12.1 Å². The number of carbonyl (C=O) groups is 1. The molecule has 1 aliphatic carbocycles. The van der Waals surface area contributed by atoms with Crippen molar-refractivity contribution in [3.63, 3.8) is 0 Å². The maximum Gasteiger partial charge on any atom is 0.234 e. The summed E-state index contributed by atoms with van der Waals surface area (Å²) in [6.07, 6.45) is 2.36. The van der Waals surface area contributed by atoms with Gasteiger partial charge in [-0.05, 0) is 37.5 Å². The molecule has 1 aromatic rings. The van der Waals surface area contributed by atoms with E-state index in [9.17, 15) is 4.79 Å². The van der Waals surface area contributed by atoms with Crippen molar-refractivity contribution in [2.45, 2.75) is 31.8 Å². The van der Waals surface area contributed by atoms with Crippen LogP contribution in [-0.4, -0.2) is 18.5 Å². The summed E-state index contributed by atoms with van der Waals surface area (Å²) in [5.74, 6) is 0.0127. The average Bonchev–Trinajstić information content (AvgIpc) is 3.20. The summed E-state index contributed by atoms with van der Waals surface area (Å²) in [7, 11) is 0. The van der Waals surface area contributed by atoms with Crippen LogP contribution in [0.15, 0.2) is 24.3 Å². The number of hydrogen-bond donors (Lipinski definition) is 2. The fourth-order valence-corrected chi connectivity index (χ4v) is 1.75. The number of nitriles is 1. The fraction of sp³-hybridized carbons (Fsp3) is 0.429. The second-order valence-corrected chi connectivity index (χ2v) is 4.68. The number of amides is 1. The molecule has 94 valence electrons. The second-order valence-electron chi connectivity index (χ2n) is 4.68. The molecule has 1 saturated carbocycles. The molecule has 0 radical (unpaired) electrons. The fourth-order valence-electron chi connectivity index (χ4n) is 1.75. The van der Waals surface area contributed by atoms with Crippen LogP contribution >= 0.6 is 0 Å². The summed E-state index contributed by atoms with van der Waals surface area (Å²) in [5, 5.41) is 14.8. The Kier molecular flexibility index (Phi) is 3.96. The first-order valence-corrected chi connectivity index (χ1v) is 6.22. The summed E-state index contributed by atoms with van der Waals surface area (Å²) in [4.78, 5) is 11.7. The molecule has 1 atom stereocenters. The highest BCUT2D eigenvalue weighted by Crippen LogP contribution is 2.18. The van der Waals surface area contributed by atoms with Gasteiger partial charge in [0, 0.05) is 6.04 Å². The zero-order chi connectivity index (χ0) is 13.0. The van der Waals surface area contributed by atoms with E-state index >= 15 is 0 Å². The Morgan fingerprint density at radius 1 is 1.44 bits per heavy atom. The molecule has 1 aromatic carbocycles. The number of hydrogen-bond acceptors (Lipinski definition) is 3. The van der Waals surface area contributed by atoms with Crippen LogP contribution in [-0.2, 0) is 4.79 Å². The second kappa shape index (κ2) is 5.65. The van der Waals surface area contributed by atoms with Crippen LogP contribution < -0.4 is 10.6 Å². The van der Waals surface area contributed by atoms with E-state index < -0.39 is 0 Å². The van der Waals surface area contributed by atoms with Crippen molar-refractivity contribution in [3.8, 4) is 6.07 Å². The summed E-state index contributed by atoms with van der Waals surface area (Å²) >= 11 is 0. The van der Waals surface area contributed by atoms with Gasteiger partial charge >= 0.3 is 0 Å². The van der Waals surface area contributed by atoms with E-state index in [1.807, 2.05) is 19.1 Å². The van der Waals surface area contributed by atoms with Gasteiger partial charge in [0.15, 0.2) is 0 Å². The normalized spacial score (nSPS) is 15.8. The van der Waals surface area contributed by atoms with Crippen LogP contribution in [0.5, 0.6) is 0 Å². The topological polar surface area (TPSA) is 64.9 Å². The summed E-state index contributed by atoms with van der Waals surface area (Å²) in [5.41, 5.74) is 1.64. The van der Waals surface area contributed by atoms with Gasteiger partial charge in [-0.1, -0.05) is 12.1 Å². The molecule has 2 rings (SSSR count). The maximum atomic E-state index is 11.7. The first-order valence-electron chi connectivity index (χ1n) is 6.22. The first-order chi connectivity index (χ1) is 8.69. The number of rotatable bonds is 5. The molecule has 0 spiro atoms. The largest absolute Gasteiger partial charge is 0.348 e. The smallest absolute Gasteiger partial charge is 0.234 e. The Balaban J connectivity index is 1.83. The van der Waals surface area contributed by atoms with Crippen LogP contribution in [0.2, 0.25) is 0 Å². The van der Waals surface area contributed by atoms with Crippen LogP contribution in [0.1, 0.15) is 36.9 Å². The highest BCUT2D eigenvalue weighted by molar-refractivity contribution is 5.78. The number of nitrogens with one attached hydrogen (secondary N) is 2. The highest BCUT2D eigenvalue weighted by Gasteiger charge is 2.21. The van der Waals surface area contributed by atoms with E-state index in [-0.39, 0.29) is 11.9 Å². The molecule has 0 saturated heterocycles. The van der Waals surface area contributed by atoms with Gasteiger partial charge < -0.3 is 10.6 Å². The lowest BCUT2D eigenvalue weighted by Gasteiger charge is -2.14. The Bertz CT molecular complexity index is 457. The number of benzene rings is 1. The molecule has 2 N–H and O–H groups in total. The van der Waals surface area contributed by atoms with Crippen molar-refractivity contribution >= 4 is 5.91 Å². The molecule has 1 amide bonds. The third-order valence-electron chi connectivity index (χ3n) is 3.05.